The summed E-state index contributed by atoms with van der Waals surface area (Å²) in [4.78, 5) is 11.6. The Bertz CT molecular complexity index is 618. The molecule has 2 N–H and O–H groups in total. The number of imidazole rings is 1. The number of piperidine rings is 1. The maximum Gasteiger partial charge on any atom is 0.180 e. The van der Waals surface area contributed by atoms with Gasteiger partial charge in [0.2, 0.25) is 0 Å². The molecule has 2 aliphatic rings. The largest absolute Gasteiger partial charge is 0.382 e. The second kappa shape index (κ2) is 4.65. The van der Waals surface area contributed by atoms with Gasteiger partial charge in [0, 0.05) is 25.0 Å². The zero-order valence-corrected chi connectivity index (χ0v) is 11.7. The molecule has 0 aromatic carbocycles. The van der Waals surface area contributed by atoms with Crippen LogP contribution in [-0.4, -0.2) is 27.0 Å². The van der Waals surface area contributed by atoms with E-state index < -0.39 is 0 Å². The molecule has 2 unspecified atom stereocenters. The highest BCUT2D eigenvalue weighted by atomic mass is 15.3. The molecule has 106 valence electrons. The number of nitrogens with two attached hydrogens (primary N) is 1. The van der Waals surface area contributed by atoms with E-state index in [1.54, 1.807) is 0 Å². The number of anilines is 2. The third-order valence-electron chi connectivity index (χ3n) is 4.89. The van der Waals surface area contributed by atoms with Gasteiger partial charge in [-0.05, 0) is 31.6 Å². The van der Waals surface area contributed by atoms with Crippen LogP contribution in [0.4, 0.5) is 11.6 Å². The van der Waals surface area contributed by atoms with Gasteiger partial charge in [0.1, 0.15) is 5.82 Å². The van der Waals surface area contributed by atoms with Gasteiger partial charge in [-0.2, -0.15) is 0 Å². The summed E-state index contributed by atoms with van der Waals surface area (Å²) in [7, 11) is 0. The van der Waals surface area contributed by atoms with Gasteiger partial charge in [0.25, 0.3) is 0 Å². The van der Waals surface area contributed by atoms with E-state index in [2.05, 4.69) is 14.9 Å². The molecule has 2 atom stereocenters. The summed E-state index contributed by atoms with van der Waals surface area (Å²) in [6.45, 7) is 1.08. The lowest BCUT2D eigenvalue weighted by Gasteiger charge is -2.44. The normalized spacial score (nSPS) is 26.7. The number of aromatic nitrogens is 3. The Morgan fingerprint density at radius 2 is 2.00 bits per heavy atom. The Morgan fingerprint density at radius 3 is 2.95 bits per heavy atom. The van der Waals surface area contributed by atoms with Crippen LogP contribution in [-0.2, 0) is 0 Å². The van der Waals surface area contributed by atoms with Crippen LogP contribution < -0.4 is 10.6 Å². The molecular weight excluding hydrogens is 250 g/mol. The fourth-order valence-electron chi connectivity index (χ4n) is 4.01. The minimum Gasteiger partial charge on any atom is -0.382 e. The predicted octanol–water partition coefficient (Wildman–Crippen LogP) is 2.47. The molecule has 20 heavy (non-hydrogen) atoms. The van der Waals surface area contributed by atoms with Crippen LogP contribution >= 0.6 is 0 Å². The summed E-state index contributed by atoms with van der Waals surface area (Å²) >= 11 is 0. The first kappa shape index (κ1) is 12.0. The lowest BCUT2D eigenvalue weighted by atomic mass is 9.78. The number of hydrogen-bond acceptors (Lipinski definition) is 4. The summed E-state index contributed by atoms with van der Waals surface area (Å²) in [6, 6.07) is 0.632. The van der Waals surface area contributed by atoms with Crippen molar-refractivity contribution < 1.29 is 0 Å². The fourth-order valence-corrected chi connectivity index (χ4v) is 4.01. The van der Waals surface area contributed by atoms with Crippen molar-refractivity contribution in [2.45, 2.75) is 44.6 Å². The highest BCUT2D eigenvalue weighted by Gasteiger charge is 2.34. The van der Waals surface area contributed by atoms with Crippen molar-refractivity contribution in [3.8, 4) is 0 Å². The van der Waals surface area contributed by atoms with Crippen molar-refractivity contribution >= 4 is 17.3 Å². The SMILES string of the molecule is Nc1cn2ccnc2c(N2CCCC3CCCCC32)n1. The number of nitrogen functional groups attached to an aromatic ring is 1. The van der Waals surface area contributed by atoms with Crippen LogP contribution in [0.2, 0.25) is 0 Å². The molecule has 1 saturated heterocycles. The number of rotatable bonds is 1. The summed E-state index contributed by atoms with van der Waals surface area (Å²) < 4.78 is 1.99. The topological polar surface area (TPSA) is 59.5 Å². The third kappa shape index (κ3) is 1.84. The Labute approximate surface area is 118 Å². The van der Waals surface area contributed by atoms with Crippen molar-refractivity contribution in [2.24, 2.45) is 5.92 Å². The Balaban J connectivity index is 1.79. The molecular formula is C15H21N5. The third-order valence-corrected chi connectivity index (χ3v) is 4.89. The van der Waals surface area contributed by atoms with E-state index in [0.717, 1.165) is 23.9 Å². The molecule has 4 rings (SSSR count). The molecule has 1 saturated carbocycles. The van der Waals surface area contributed by atoms with Crippen molar-refractivity contribution in [3.63, 3.8) is 0 Å². The Hall–Kier alpha value is -1.78. The first-order valence-electron chi connectivity index (χ1n) is 7.69. The smallest absolute Gasteiger partial charge is 0.180 e. The molecule has 0 amide bonds. The lowest BCUT2D eigenvalue weighted by Crippen LogP contribution is -2.47. The van der Waals surface area contributed by atoms with Crippen molar-refractivity contribution in [1.82, 2.24) is 14.4 Å². The van der Waals surface area contributed by atoms with Gasteiger partial charge in [-0.15, -0.1) is 0 Å². The monoisotopic (exact) mass is 271 g/mol. The van der Waals surface area contributed by atoms with Crippen LogP contribution in [0.1, 0.15) is 38.5 Å². The molecule has 0 spiro atoms. The van der Waals surface area contributed by atoms with Crippen LogP contribution in [0.3, 0.4) is 0 Å². The molecule has 5 heteroatoms. The highest BCUT2D eigenvalue weighted by molar-refractivity contribution is 5.67. The second-order valence-electron chi connectivity index (χ2n) is 6.10. The van der Waals surface area contributed by atoms with Gasteiger partial charge in [-0.3, -0.25) is 0 Å². The molecule has 1 aliphatic heterocycles. The lowest BCUT2D eigenvalue weighted by molar-refractivity contribution is 0.243. The Kier molecular flexibility index (Phi) is 2.79. The summed E-state index contributed by atoms with van der Waals surface area (Å²) in [5.41, 5.74) is 6.91. The van der Waals surface area contributed by atoms with Crippen molar-refractivity contribution in [1.29, 1.82) is 0 Å². The standard InChI is InChI=1S/C15H21N5/c16-13-10-19-9-7-17-14(19)15(18-13)20-8-3-5-11-4-1-2-6-12(11)20/h7,9-12H,1-6,8,16H2. The molecule has 2 aromatic heterocycles. The van der Waals surface area contributed by atoms with Gasteiger partial charge in [-0.25, -0.2) is 9.97 Å². The average molecular weight is 271 g/mol. The highest BCUT2D eigenvalue weighted by Crippen LogP contribution is 2.38. The van der Waals surface area contributed by atoms with Gasteiger partial charge in [-0.1, -0.05) is 12.8 Å². The molecule has 0 bridgehead atoms. The first-order chi connectivity index (χ1) is 9.83. The molecule has 0 radical (unpaired) electrons. The zero-order valence-electron chi connectivity index (χ0n) is 11.7. The fraction of sp³-hybridized carbons (Fsp3) is 0.600. The van der Waals surface area contributed by atoms with Gasteiger partial charge >= 0.3 is 0 Å². The summed E-state index contributed by atoms with van der Waals surface area (Å²) in [6.07, 6.45) is 13.6. The molecule has 5 nitrogen and oxygen atoms in total. The maximum atomic E-state index is 5.97. The van der Waals surface area contributed by atoms with E-state index in [9.17, 15) is 0 Å². The minimum atomic E-state index is 0.573. The summed E-state index contributed by atoms with van der Waals surface area (Å²) in [5.74, 6) is 2.38. The number of nitrogens with zero attached hydrogens (tertiary/aromatic N) is 4. The van der Waals surface area contributed by atoms with Crippen molar-refractivity contribution in [2.75, 3.05) is 17.2 Å². The predicted molar refractivity (Wildman–Crippen MR) is 79.7 cm³/mol. The van der Waals surface area contributed by atoms with Gasteiger partial charge < -0.3 is 15.0 Å². The van der Waals surface area contributed by atoms with E-state index in [0.29, 0.717) is 11.9 Å². The molecule has 3 heterocycles. The van der Waals surface area contributed by atoms with Crippen LogP contribution in [0.15, 0.2) is 18.6 Å². The second-order valence-corrected chi connectivity index (χ2v) is 6.10. The van der Waals surface area contributed by atoms with E-state index in [1.807, 2.05) is 23.0 Å². The minimum absolute atomic E-state index is 0.573. The van der Waals surface area contributed by atoms with Crippen LogP contribution in [0.5, 0.6) is 0 Å². The van der Waals surface area contributed by atoms with Gasteiger partial charge in [0.05, 0.1) is 6.20 Å². The quantitative estimate of drug-likeness (QED) is 0.865. The van der Waals surface area contributed by atoms with Crippen LogP contribution in [0, 0.1) is 5.92 Å². The average Bonchev–Trinajstić information content (AvgIpc) is 2.94. The molecule has 2 fully saturated rings. The van der Waals surface area contributed by atoms with E-state index in [4.69, 9.17) is 5.73 Å². The number of hydrogen-bond donors (Lipinski definition) is 1. The zero-order chi connectivity index (χ0) is 13.5. The van der Waals surface area contributed by atoms with Gasteiger partial charge in [0.15, 0.2) is 11.5 Å². The van der Waals surface area contributed by atoms with E-state index in [-0.39, 0.29) is 0 Å². The summed E-state index contributed by atoms with van der Waals surface area (Å²) in [5, 5.41) is 0. The molecule has 2 aromatic rings. The van der Waals surface area contributed by atoms with Crippen molar-refractivity contribution in [3.05, 3.63) is 18.6 Å². The Morgan fingerprint density at radius 1 is 1.15 bits per heavy atom. The molecule has 1 aliphatic carbocycles. The van der Waals surface area contributed by atoms with E-state index >= 15 is 0 Å². The maximum absolute atomic E-state index is 5.97. The van der Waals surface area contributed by atoms with Crippen LogP contribution in [0.25, 0.3) is 5.65 Å². The first-order valence-corrected chi connectivity index (χ1v) is 7.69. The van der Waals surface area contributed by atoms with E-state index in [1.165, 1.54) is 38.5 Å². The number of fused-ring (bicyclic) bond motifs is 2.